The average molecular weight is 826 g/mol. The highest BCUT2D eigenvalue weighted by Gasteiger charge is 2.51. The highest BCUT2D eigenvalue weighted by atomic mass is 16.3. The molecule has 302 valence electrons. The van der Waals surface area contributed by atoms with E-state index in [1.165, 1.54) is 82.7 Å². The zero-order valence-corrected chi connectivity index (χ0v) is 35.4. The van der Waals surface area contributed by atoms with Crippen LogP contribution in [0.5, 0.6) is 0 Å². The predicted octanol–water partition coefficient (Wildman–Crippen LogP) is 17.0. The van der Waals surface area contributed by atoms with Gasteiger partial charge in [-0.15, -0.1) is 0 Å². The molecule has 12 aromatic rings. The van der Waals surface area contributed by atoms with Crippen LogP contribution in [0.25, 0.3) is 88.0 Å². The molecule has 0 fully saturated rings. The second kappa shape index (κ2) is 13.8. The molecule has 0 saturated carbocycles. The van der Waals surface area contributed by atoms with Crippen LogP contribution in [-0.2, 0) is 5.41 Å². The Morgan fingerprint density at radius 2 is 0.815 bits per heavy atom. The van der Waals surface area contributed by atoms with Crippen molar-refractivity contribution < 1.29 is 4.42 Å². The minimum absolute atomic E-state index is 0.467. The molecule has 0 aliphatic heterocycles. The Kier molecular flexibility index (Phi) is 7.64. The molecule has 2 aliphatic rings. The SMILES string of the molecule is c1ccc2c(c1)-c1ccccc1C21c2ccccc2-c2ccc(N(c3ccc(-c4cc5ccccc5cc4-c4ccc5ccccc5c4)cc3)c3cccc4c3oc3ccccc34)cc21. The van der Waals surface area contributed by atoms with Gasteiger partial charge in [0, 0.05) is 22.1 Å². The summed E-state index contributed by atoms with van der Waals surface area (Å²) in [6.07, 6.45) is 0. The average Bonchev–Trinajstić information content (AvgIpc) is 4.01. The van der Waals surface area contributed by atoms with Gasteiger partial charge in [-0.05, 0) is 143 Å². The Morgan fingerprint density at radius 3 is 1.49 bits per heavy atom. The zero-order valence-electron chi connectivity index (χ0n) is 35.4. The van der Waals surface area contributed by atoms with Crippen LogP contribution in [0.15, 0.2) is 241 Å². The molecule has 2 nitrogen and oxygen atoms in total. The summed E-state index contributed by atoms with van der Waals surface area (Å²) in [6, 6.07) is 87.1. The van der Waals surface area contributed by atoms with Gasteiger partial charge in [0.1, 0.15) is 5.58 Å². The Bertz CT molecular complexity index is 3850. The van der Waals surface area contributed by atoms with E-state index in [-0.39, 0.29) is 0 Å². The fourth-order valence-electron chi connectivity index (χ4n) is 11.4. The van der Waals surface area contributed by atoms with E-state index in [1.54, 1.807) is 0 Å². The van der Waals surface area contributed by atoms with E-state index < -0.39 is 5.41 Å². The van der Waals surface area contributed by atoms with Gasteiger partial charge in [0.25, 0.3) is 0 Å². The largest absolute Gasteiger partial charge is 0.454 e. The zero-order chi connectivity index (χ0) is 42.6. The van der Waals surface area contributed by atoms with Crippen molar-refractivity contribution in [2.45, 2.75) is 5.41 Å². The third-order valence-corrected chi connectivity index (χ3v) is 14.2. The van der Waals surface area contributed by atoms with Crippen LogP contribution >= 0.6 is 0 Å². The summed E-state index contributed by atoms with van der Waals surface area (Å²) < 4.78 is 6.82. The van der Waals surface area contributed by atoms with Gasteiger partial charge in [0.05, 0.1) is 11.1 Å². The Labute approximate surface area is 376 Å². The molecule has 2 heteroatoms. The van der Waals surface area contributed by atoms with Gasteiger partial charge in [0.2, 0.25) is 0 Å². The normalized spacial score (nSPS) is 13.0. The summed E-state index contributed by atoms with van der Waals surface area (Å²) in [5, 5.41) is 7.13. The standard InChI is InChI=1S/C63H39NO/c1-2-15-42-36-45(29-28-40(42)14-1)55-38-44-17-4-3-16-43(44)37-54(55)41-30-32-46(33-31-41)64(60-26-13-22-53-52-21-8-12-27-61(52)65-62(53)60)47-34-35-51-50-20-7-11-25-58(50)63(59(51)39-47)56-23-9-5-18-48(56)49-19-6-10-24-57(49)63/h1-39H. The van der Waals surface area contributed by atoms with E-state index >= 15 is 0 Å². The van der Waals surface area contributed by atoms with Crippen molar-refractivity contribution in [3.63, 3.8) is 0 Å². The van der Waals surface area contributed by atoms with Crippen molar-refractivity contribution in [3.8, 4) is 44.5 Å². The van der Waals surface area contributed by atoms with E-state index in [4.69, 9.17) is 4.42 Å². The lowest BCUT2D eigenvalue weighted by molar-refractivity contribution is 0.669. The number of para-hydroxylation sites is 2. The predicted molar refractivity (Wildman–Crippen MR) is 271 cm³/mol. The van der Waals surface area contributed by atoms with Crippen LogP contribution in [0.2, 0.25) is 0 Å². The second-order valence-electron chi connectivity index (χ2n) is 17.6. The number of hydrogen-bond acceptors (Lipinski definition) is 2. The van der Waals surface area contributed by atoms with Gasteiger partial charge < -0.3 is 9.32 Å². The van der Waals surface area contributed by atoms with Crippen LogP contribution in [0.4, 0.5) is 17.1 Å². The Hall–Kier alpha value is -8.46. The Balaban J connectivity index is 0.990. The number of furan rings is 1. The van der Waals surface area contributed by atoms with Crippen LogP contribution < -0.4 is 4.90 Å². The van der Waals surface area contributed by atoms with Gasteiger partial charge in [-0.1, -0.05) is 182 Å². The van der Waals surface area contributed by atoms with Crippen molar-refractivity contribution in [2.75, 3.05) is 4.90 Å². The number of fused-ring (bicyclic) bond motifs is 15. The minimum Gasteiger partial charge on any atom is -0.454 e. The summed E-state index contributed by atoms with van der Waals surface area (Å²) in [5.74, 6) is 0. The first-order valence-electron chi connectivity index (χ1n) is 22.5. The molecule has 0 atom stereocenters. The van der Waals surface area contributed by atoms with Gasteiger partial charge in [-0.3, -0.25) is 0 Å². The third kappa shape index (κ3) is 5.17. The third-order valence-electron chi connectivity index (χ3n) is 14.2. The molecular weight excluding hydrogens is 787 g/mol. The lowest BCUT2D eigenvalue weighted by atomic mass is 9.70. The lowest BCUT2D eigenvalue weighted by Crippen LogP contribution is -2.26. The first-order valence-corrected chi connectivity index (χ1v) is 22.5. The van der Waals surface area contributed by atoms with Crippen LogP contribution in [-0.4, -0.2) is 0 Å². The summed E-state index contributed by atoms with van der Waals surface area (Å²) in [4.78, 5) is 2.41. The topological polar surface area (TPSA) is 16.4 Å². The molecule has 14 rings (SSSR count). The van der Waals surface area contributed by atoms with E-state index in [1.807, 2.05) is 0 Å². The monoisotopic (exact) mass is 825 g/mol. The van der Waals surface area contributed by atoms with Crippen LogP contribution in [0.1, 0.15) is 22.3 Å². The molecule has 1 heterocycles. The molecular formula is C63H39NO. The fourth-order valence-corrected chi connectivity index (χ4v) is 11.4. The molecule has 1 spiro atoms. The lowest BCUT2D eigenvalue weighted by Gasteiger charge is -2.32. The smallest absolute Gasteiger partial charge is 0.159 e. The summed E-state index contributed by atoms with van der Waals surface area (Å²) in [5.41, 5.74) is 19.6. The number of rotatable bonds is 5. The van der Waals surface area contributed by atoms with E-state index in [9.17, 15) is 0 Å². The molecule has 0 bridgehead atoms. The quantitative estimate of drug-likeness (QED) is 0.172. The van der Waals surface area contributed by atoms with E-state index in [0.29, 0.717) is 0 Å². The molecule has 11 aromatic carbocycles. The summed E-state index contributed by atoms with van der Waals surface area (Å²) in [6.45, 7) is 0. The molecule has 0 N–H and O–H groups in total. The highest BCUT2D eigenvalue weighted by molar-refractivity contribution is 6.10. The molecule has 0 unspecified atom stereocenters. The first kappa shape index (κ1) is 36.1. The fraction of sp³-hybridized carbons (Fsp3) is 0.0159. The number of nitrogens with zero attached hydrogens (tertiary/aromatic N) is 1. The molecule has 65 heavy (non-hydrogen) atoms. The highest BCUT2D eigenvalue weighted by Crippen LogP contribution is 2.63. The number of hydrogen-bond donors (Lipinski definition) is 0. The van der Waals surface area contributed by atoms with Crippen molar-refractivity contribution in [2.24, 2.45) is 0 Å². The maximum atomic E-state index is 6.82. The van der Waals surface area contributed by atoms with E-state index in [0.717, 1.165) is 44.6 Å². The number of anilines is 3. The second-order valence-corrected chi connectivity index (χ2v) is 17.6. The maximum Gasteiger partial charge on any atom is 0.159 e. The van der Waals surface area contributed by atoms with Gasteiger partial charge in [0.15, 0.2) is 5.58 Å². The van der Waals surface area contributed by atoms with Crippen LogP contribution in [0.3, 0.4) is 0 Å². The van der Waals surface area contributed by atoms with Gasteiger partial charge in [-0.25, -0.2) is 0 Å². The molecule has 0 radical (unpaired) electrons. The van der Waals surface area contributed by atoms with Crippen LogP contribution in [0, 0.1) is 0 Å². The van der Waals surface area contributed by atoms with Crippen molar-refractivity contribution in [3.05, 3.63) is 259 Å². The van der Waals surface area contributed by atoms with Crippen molar-refractivity contribution in [1.82, 2.24) is 0 Å². The first-order chi connectivity index (χ1) is 32.2. The van der Waals surface area contributed by atoms with E-state index in [2.05, 4.69) is 241 Å². The molecule has 1 aromatic heterocycles. The molecule has 0 saturated heterocycles. The Morgan fingerprint density at radius 1 is 0.308 bits per heavy atom. The minimum atomic E-state index is -0.467. The molecule has 0 amide bonds. The van der Waals surface area contributed by atoms with Gasteiger partial charge >= 0.3 is 0 Å². The van der Waals surface area contributed by atoms with Crippen molar-refractivity contribution >= 4 is 60.5 Å². The van der Waals surface area contributed by atoms with Gasteiger partial charge in [-0.2, -0.15) is 0 Å². The number of benzene rings is 11. The molecule has 2 aliphatic carbocycles. The summed E-state index contributed by atoms with van der Waals surface area (Å²) >= 11 is 0. The summed E-state index contributed by atoms with van der Waals surface area (Å²) in [7, 11) is 0. The maximum absolute atomic E-state index is 6.82. The van der Waals surface area contributed by atoms with Crippen molar-refractivity contribution in [1.29, 1.82) is 0 Å².